The molecule has 17 heavy (non-hydrogen) atoms. The summed E-state index contributed by atoms with van der Waals surface area (Å²) < 4.78 is 19.3. The normalized spacial score (nSPS) is 17.2. The third-order valence-corrected chi connectivity index (χ3v) is 3.37. The summed E-state index contributed by atoms with van der Waals surface area (Å²) in [4.78, 5) is 0. The molecule has 0 saturated heterocycles. The number of hydrogen-bond donors (Lipinski definition) is 2. The van der Waals surface area contributed by atoms with E-state index >= 15 is 0 Å². The molecule has 3 nitrogen and oxygen atoms in total. The average Bonchev–Trinajstić information content (AvgIpc) is 2.34. The first-order valence-corrected chi connectivity index (χ1v) is 6.25. The van der Waals surface area contributed by atoms with Crippen LogP contribution in [0.15, 0.2) is 34.5 Å². The first-order chi connectivity index (χ1) is 8.22. The summed E-state index contributed by atoms with van der Waals surface area (Å²) in [5.41, 5.74) is 3.57. The topological polar surface area (TPSA) is 47.3 Å². The van der Waals surface area contributed by atoms with E-state index < -0.39 is 0 Å². The first kappa shape index (κ1) is 12.5. The Kier molecular flexibility index (Phi) is 4.15. The number of allylic oxidation sites excluding steroid dienone is 1. The third kappa shape index (κ3) is 2.86. The lowest BCUT2D eigenvalue weighted by Gasteiger charge is -2.24. The summed E-state index contributed by atoms with van der Waals surface area (Å²) >= 11 is 3.34. The highest BCUT2D eigenvalue weighted by Crippen LogP contribution is 2.30. The zero-order valence-corrected chi connectivity index (χ0v) is 10.8. The largest absolute Gasteiger partial charge is 0.496 e. The van der Waals surface area contributed by atoms with Crippen molar-refractivity contribution in [3.05, 3.63) is 45.9 Å². The fraction of sp³-hybridized carbons (Fsp3) is 0.333. The minimum atomic E-state index is -0.282. The molecule has 1 aliphatic rings. The molecule has 0 aromatic heterocycles. The molecule has 0 radical (unpaired) electrons. The minimum Gasteiger partial charge on any atom is -0.496 e. The molecule has 0 spiro atoms. The van der Waals surface area contributed by atoms with E-state index in [-0.39, 0.29) is 11.9 Å². The van der Waals surface area contributed by atoms with Crippen LogP contribution in [0.1, 0.15) is 24.4 Å². The predicted octanol–water partition coefficient (Wildman–Crippen LogP) is 2.79. The second-order valence-electron chi connectivity index (χ2n) is 3.86. The fourth-order valence-corrected chi connectivity index (χ4v) is 2.42. The zero-order chi connectivity index (χ0) is 12.3. The van der Waals surface area contributed by atoms with E-state index in [0.29, 0.717) is 11.1 Å². The minimum absolute atomic E-state index is 0.245. The number of ether oxygens (including phenoxy) is 1. The predicted molar refractivity (Wildman–Crippen MR) is 67.4 cm³/mol. The Labute approximate surface area is 108 Å². The molecule has 1 aromatic carbocycles. The van der Waals surface area contributed by atoms with Crippen LogP contribution in [0.3, 0.4) is 0 Å². The highest BCUT2D eigenvalue weighted by atomic mass is 79.9. The molecule has 0 aliphatic carbocycles. The molecule has 92 valence electrons. The van der Waals surface area contributed by atoms with Gasteiger partial charge in [-0.1, -0.05) is 22.0 Å². The molecule has 1 aliphatic heterocycles. The van der Waals surface area contributed by atoms with Crippen LogP contribution in [-0.4, -0.2) is 6.61 Å². The van der Waals surface area contributed by atoms with Gasteiger partial charge in [0.25, 0.3) is 0 Å². The Morgan fingerprint density at radius 1 is 1.47 bits per heavy atom. The average molecular weight is 301 g/mol. The van der Waals surface area contributed by atoms with E-state index in [4.69, 9.17) is 10.6 Å². The van der Waals surface area contributed by atoms with E-state index in [9.17, 15) is 4.39 Å². The van der Waals surface area contributed by atoms with Gasteiger partial charge >= 0.3 is 0 Å². The van der Waals surface area contributed by atoms with Gasteiger partial charge in [0.15, 0.2) is 0 Å². The summed E-state index contributed by atoms with van der Waals surface area (Å²) in [6.45, 7) is 0.697. The molecule has 0 fully saturated rings. The molecule has 1 heterocycles. The maximum Gasteiger partial charge on any atom is 0.124 e. The second kappa shape index (κ2) is 5.62. The van der Waals surface area contributed by atoms with E-state index in [0.717, 1.165) is 24.2 Å². The van der Waals surface area contributed by atoms with Crippen LogP contribution in [-0.2, 0) is 4.74 Å². The molecule has 1 aromatic rings. The van der Waals surface area contributed by atoms with Gasteiger partial charge in [0, 0.05) is 4.47 Å². The van der Waals surface area contributed by atoms with Crippen molar-refractivity contribution in [2.24, 2.45) is 5.84 Å². The highest BCUT2D eigenvalue weighted by Gasteiger charge is 2.20. The smallest absolute Gasteiger partial charge is 0.124 e. The van der Waals surface area contributed by atoms with E-state index in [1.54, 1.807) is 6.07 Å². The van der Waals surface area contributed by atoms with Crippen molar-refractivity contribution in [2.45, 2.75) is 18.9 Å². The van der Waals surface area contributed by atoms with E-state index in [1.165, 1.54) is 12.1 Å². The summed E-state index contributed by atoms with van der Waals surface area (Å²) in [6, 6.07) is 4.28. The Morgan fingerprint density at radius 2 is 2.29 bits per heavy atom. The Morgan fingerprint density at radius 3 is 2.88 bits per heavy atom. The maximum absolute atomic E-state index is 13.0. The summed E-state index contributed by atoms with van der Waals surface area (Å²) in [7, 11) is 0. The van der Waals surface area contributed by atoms with Gasteiger partial charge in [-0.2, -0.15) is 0 Å². The van der Waals surface area contributed by atoms with Gasteiger partial charge in [0.2, 0.25) is 0 Å². The Balaban J connectivity index is 2.31. The van der Waals surface area contributed by atoms with Gasteiger partial charge in [0.1, 0.15) is 17.6 Å². The molecule has 2 rings (SSSR count). The Hall–Kier alpha value is -0.910. The van der Waals surface area contributed by atoms with Crippen molar-refractivity contribution < 1.29 is 9.13 Å². The summed E-state index contributed by atoms with van der Waals surface area (Å²) in [5.74, 6) is 6.07. The van der Waals surface area contributed by atoms with Gasteiger partial charge in [-0.15, -0.1) is 0 Å². The molecular weight excluding hydrogens is 287 g/mol. The van der Waals surface area contributed by atoms with Crippen LogP contribution in [0.4, 0.5) is 4.39 Å². The van der Waals surface area contributed by atoms with Crippen molar-refractivity contribution >= 4 is 15.9 Å². The monoisotopic (exact) mass is 300 g/mol. The van der Waals surface area contributed by atoms with E-state index in [2.05, 4.69) is 21.4 Å². The van der Waals surface area contributed by atoms with Crippen LogP contribution < -0.4 is 11.3 Å². The number of halogens is 2. The van der Waals surface area contributed by atoms with Gasteiger partial charge in [-0.3, -0.25) is 5.84 Å². The highest BCUT2D eigenvalue weighted by molar-refractivity contribution is 9.10. The van der Waals surface area contributed by atoms with E-state index in [1.807, 2.05) is 6.08 Å². The second-order valence-corrected chi connectivity index (χ2v) is 4.72. The van der Waals surface area contributed by atoms with Crippen molar-refractivity contribution in [3.63, 3.8) is 0 Å². The summed E-state index contributed by atoms with van der Waals surface area (Å²) in [5, 5.41) is 0. The third-order valence-electron chi connectivity index (χ3n) is 2.69. The van der Waals surface area contributed by atoms with Crippen LogP contribution >= 0.6 is 15.9 Å². The molecule has 0 saturated carbocycles. The van der Waals surface area contributed by atoms with Crippen molar-refractivity contribution in [1.82, 2.24) is 5.43 Å². The van der Waals surface area contributed by atoms with Crippen LogP contribution in [0, 0.1) is 5.82 Å². The lowest BCUT2D eigenvalue weighted by molar-refractivity contribution is 0.167. The SMILES string of the molecule is NNC(C1=CCCCO1)c1ccc(F)cc1Br. The molecule has 5 heteroatoms. The fourth-order valence-electron chi connectivity index (χ4n) is 1.84. The summed E-state index contributed by atoms with van der Waals surface area (Å²) in [6.07, 6.45) is 4.02. The van der Waals surface area contributed by atoms with Gasteiger partial charge in [-0.25, -0.2) is 9.82 Å². The maximum atomic E-state index is 13.0. The number of nitrogens with two attached hydrogens (primary N) is 1. The molecule has 0 bridgehead atoms. The molecule has 1 atom stereocenters. The number of benzene rings is 1. The van der Waals surface area contributed by atoms with Gasteiger partial charge < -0.3 is 4.74 Å². The Bertz CT molecular complexity index is 437. The standard InChI is InChI=1S/C12H14BrFN2O/c13-10-7-8(14)4-5-9(10)12(16-15)11-3-1-2-6-17-11/h3-5,7,12,16H,1-2,6,15H2. The van der Waals surface area contributed by atoms with Crippen molar-refractivity contribution in [1.29, 1.82) is 0 Å². The molecular formula is C12H14BrFN2O. The number of rotatable bonds is 3. The number of hydrogen-bond acceptors (Lipinski definition) is 3. The number of hydrazine groups is 1. The van der Waals surface area contributed by atoms with Crippen molar-refractivity contribution in [2.75, 3.05) is 6.61 Å². The van der Waals surface area contributed by atoms with Crippen LogP contribution in [0.5, 0.6) is 0 Å². The first-order valence-electron chi connectivity index (χ1n) is 5.46. The lowest BCUT2D eigenvalue weighted by Crippen LogP contribution is -2.31. The van der Waals surface area contributed by atoms with Crippen LogP contribution in [0.25, 0.3) is 0 Å². The molecule has 1 unspecified atom stereocenters. The lowest BCUT2D eigenvalue weighted by atomic mass is 10.0. The van der Waals surface area contributed by atoms with Crippen LogP contribution in [0.2, 0.25) is 0 Å². The molecule has 3 N–H and O–H groups in total. The van der Waals surface area contributed by atoms with Gasteiger partial charge in [0.05, 0.1) is 6.61 Å². The number of nitrogens with one attached hydrogen (secondary N) is 1. The zero-order valence-electron chi connectivity index (χ0n) is 9.25. The molecule has 0 amide bonds. The van der Waals surface area contributed by atoms with Gasteiger partial charge in [-0.05, 0) is 36.6 Å². The van der Waals surface area contributed by atoms with Crippen molar-refractivity contribution in [3.8, 4) is 0 Å². The quantitative estimate of drug-likeness (QED) is 0.666.